The molecule has 1 rings (SSSR count). The Labute approximate surface area is 88.0 Å². The van der Waals surface area contributed by atoms with Gasteiger partial charge in [-0.2, -0.15) is 0 Å². The summed E-state index contributed by atoms with van der Waals surface area (Å²) in [5.41, 5.74) is 5.98. The van der Waals surface area contributed by atoms with Crippen LogP contribution in [0.4, 0.5) is 8.78 Å². The Morgan fingerprint density at radius 1 is 1.40 bits per heavy atom. The molecule has 0 heterocycles. The summed E-state index contributed by atoms with van der Waals surface area (Å²) in [7, 11) is 1.48. The highest BCUT2D eigenvalue weighted by atomic mass is 19.3. The van der Waals surface area contributed by atoms with Gasteiger partial charge in [-0.05, 0) is 25.5 Å². The predicted molar refractivity (Wildman–Crippen MR) is 55.3 cm³/mol. The highest BCUT2D eigenvalue weighted by Gasteiger charge is 2.15. The summed E-state index contributed by atoms with van der Waals surface area (Å²) < 4.78 is 30.4. The fourth-order valence-electron chi connectivity index (χ4n) is 1.52. The van der Waals surface area contributed by atoms with Crippen LogP contribution in [0.15, 0.2) is 18.2 Å². The van der Waals surface area contributed by atoms with E-state index < -0.39 is 6.43 Å². The van der Waals surface area contributed by atoms with Crippen LogP contribution in [0.1, 0.15) is 24.0 Å². The van der Waals surface area contributed by atoms with Gasteiger partial charge in [0.05, 0.1) is 7.11 Å². The van der Waals surface area contributed by atoms with E-state index in [1.165, 1.54) is 13.2 Å². The molecular weight excluding hydrogens is 200 g/mol. The normalized spacial score (nSPS) is 10.7. The van der Waals surface area contributed by atoms with E-state index in [1.54, 1.807) is 12.1 Å². The van der Waals surface area contributed by atoms with Crippen LogP contribution in [0, 0.1) is 0 Å². The first kappa shape index (κ1) is 11.9. The molecule has 0 atom stereocenters. The highest BCUT2D eigenvalue weighted by molar-refractivity contribution is 5.41. The molecular formula is C11H15F2NO. The van der Waals surface area contributed by atoms with Gasteiger partial charge in [0.2, 0.25) is 0 Å². The number of benzene rings is 1. The van der Waals surface area contributed by atoms with Crippen molar-refractivity contribution in [3.63, 3.8) is 0 Å². The Hall–Kier alpha value is -1.16. The van der Waals surface area contributed by atoms with E-state index in [1.807, 2.05) is 0 Å². The van der Waals surface area contributed by atoms with Crippen molar-refractivity contribution in [2.75, 3.05) is 13.7 Å². The zero-order chi connectivity index (χ0) is 11.3. The van der Waals surface area contributed by atoms with Gasteiger partial charge < -0.3 is 10.5 Å². The molecule has 15 heavy (non-hydrogen) atoms. The molecule has 1 aromatic rings. The molecule has 0 bridgehead atoms. The van der Waals surface area contributed by atoms with Gasteiger partial charge in [-0.25, -0.2) is 8.78 Å². The van der Waals surface area contributed by atoms with Crippen LogP contribution in [0.5, 0.6) is 5.75 Å². The van der Waals surface area contributed by atoms with Crippen molar-refractivity contribution >= 4 is 0 Å². The van der Waals surface area contributed by atoms with E-state index in [0.717, 1.165) is 0 Å². The van der Waals surface area contributed by atoms with Crippen molar-refractivity contribution in [2.45, 2.75) is 19.3 Å². The van der Waals surface area contributed by atoms with Gasteiger partial charge in [-0.3, -0.25) is 0 Å². The smallest absolute Gasteiger partial charge is 0.264 e. The Bertz CT molecular complexity index is 315. The minimum atomic E-state index is -2.46. The lowest BCUT2D eigenvalue weighted by Crippen LogP contribution is -2.04. The third-order valence-corrected chi connectivity index (χ3v) is 2.26. The number of hydrogen-bond donors (Lipinski definition) is 1. The average Bonchev–Trinajstić information content (AvgIpc) is 2.25. The monoisotopic (exact) mass is 215 g/mol. The summed E-state index contributed by atoms with van der Waals surface area (Å²) in [6.45, 7) is 0.487. The number of nitrogens with two attached hydrogens (primary N) is 1. The average molecular weight is 215 g/mol. The van der Waals surface area contributed by atoms with Crippen molar-refractivity contribution in [3.05, 3.63) is 29.3 Å². The lowest BCUT2D eigenvalue weighted by molar-refractivity contribution is 0.149. The Morgan fingerprint density at radius 2 is 2.13 bits per heavy atom. The zero-order valence-electron chi connectivity index (χ0n) is 8.67. The maximum atomic E-state index is 12.7. The fourth-order valence-corrected chi connectivity index (χ4v) is 1.52. The van der Waals surface area contributed by atoms with Crippen molar-refractivity contribution in [1.29, 1.82) is 0 Å². The summed E-state index contributed by atoms with van der Waals surface area (Å²) in [5.74, 6) is 0.515. The third kappa shape index (κ3) is 2.89. The quantitative estimate of drug-likeness (QED) is 0.819. The standard InChI is InChI=1S/C11H15F2NO/c1-15-10-6-2-4-9(11(12)13)8(10)5-3-7-14/h2,4,6,11H,3,5,7,14H2,1H3. The van der Waals surface area contributed by atoms with E-state index in [0.29, 0.717) is 30.7 Å². The minimum Gasteiger partial charge on any atom is -0.496 e. The molecule has 0 aliphatic heterocycles. The maximum absolute atomic E-state index is 12.7. The zero-order valence-corrected chi connectivity index (χ0v) is 8.67. The summed E-state index contributed by atoms with van der Waals surface area (Å²) in [4.78, 5) is 0. The molecule has 2 N–H and O–H groups in total. The molecule has 0 saturated heterocycles. The largest absolute Gasteiger partial charge is 0.496 e. The van der Waals surface area contributed by atoms with Crippen molar-refractivity contribution in [2.24, 2.45) is 5.73 Å². The van der Waals surface area contributed by atoms with Crippen molar-refractivity contribution < 1.29 is 13.5 Å². The Balaban J connectivity index is 3.03. The second-order valence-electron chi connectivity index (χ2n) is 3.22. The van der Waals surface area contributed by atoms with Gasteiger partial charge in [0.25, 0.3) is 6.43 Å². The second-order valence-corrected chi connectivity index (χ2v) is 3.22. The molecule has 0 amide bonds. The van der Waals surface area contributed by atoms with Gasteiger partial charge in [0.1, 0.15) is 5.75 Å². The molecule has 84 valence electrons. The van der Waals surface area contributed by atoms with Gasteiger partial charge in [0, 0.05) is 11.1 Å². The molecule has 0 saturated carbocycles. The van der Waals surface area contributed by atoms with Crippen LogP contribution in [0.2, 0.25) is 0 Å². The Kier molecular flexibility index (Phi) is 4.49. The lowest BCUT2D eigenvalue weighted by Gasteiger charge is -2.12. The number of methoxy groups -OCH3 is 1. The molecule has 4 heteroatoms. The molecule has 0 radical (unpaired) electrons. The van der Waals surface area contributed by atoms with Crippen LogP contribution in [0.3, 0.4) is 0 Å². The summed E-state index contributed by atoms with van der Waals surface area (Å²) in [6, 6.07) is 4.70. The van der Waals surface area contributed by atoms with Crippen LogP contribution >= 0.6 is 0 Å². The van der Waals surface area contributed by atoms with Crippen LogP contribution < -0.4 is 10.5 Å². The van der Waals surface area contributed by atoms with E-state index in [4.69, 9.17) is 10.5 Å². The van der Waals surface area contributed by atoms with E-state index >= 15 is 0 Å². The minimum absolute atomic E-state index is 0.0443. The van der Waals surface area contributed by atoms with Crippen molar-refractivity contribution in [1.82, 2.24) is 0 Å². The summed E-state index contributed by atoms with van der Waals surface area (Å²) in [6.07, 6.45) is -1.26. The molecule has 1 aromatic carbocycles. The van der Waals surface area contributed by atoms with E-state index in [2.05, 4.69) is 0 Å². The lowest BCUT2D eigenvalue weighted by atomic mass is 10.0. The maximum Gasteiger partial charge on any atom is 0.264 e. The number of halogens is 2. The van der Waals surface area contributed by atoms with Crippen LogP contribution in [0.25, 0.3) is 0 Å². The first-order valence-corrected chi connectivity index (χ1v) is 4.84. The molecule has 0 aromatic heterocycles. The van der Waals surface area contributed by atoms with Gasteiger partial charge in [0.15, 0.2) is 0 Å². The van der Waals surface area contributed by atoms with Gasteiger partial charge >= 0.3 is 0 Å². The first-order chi connectivity index (χ1) is 7.20. The molecule has 2 nitrogen and oxygen atoms in total. The number of ether oxygens (including phenoxy) is 1. The van der Waals surface area contributed by atoms with E-state index in [-0.39, 0.29) is 5.56 Å². The molecule has 0 unspecified atom stereocenters. The Morgan fingerprint density at radius 3 is 2.67 bits per heavy atom. The number of alkyl halides is 2. The van der Waals surface area contributed by atoms with Gasteiger partial charge in [-0.1, -0.05) is 12.1 Å². The van der Waals surface area contributed by atoms with Crippen molar-refractivity contribution in [3.8, 4) is 5.75 Å². The fraction of sp³-hybridized carbons (Fsp3) is 0.455. The predicted octanol–water partition coefficient (Wildman–Crippen LogP) is 2.52. The summed E-state index contributed by atoms with van der Waals surface area (Å²) >= 11 is 0. The molecule has 0 aliphatic rings. The second kappa shape index (κ2) is 5.66. The SMILES string of the molecule is COc1cccc(C(F)F)c1CCCN. The van der Waals surface area contributed by atoms with Crippen LogP contribution in [-0.2, 0) is 6.42 Å². The molecule has 0 aliphatic carbocycles. The van der Waals surface area contributed by atoms with Crippen LogP contribution in [-0.4, -0.2) is 13.7 Å². The number of hydrogen-bond acceptors (Lipinski definition) is 2. The first-order valence-electron chi connectivity index (χ1n) is 4.84. The van der Waals surface area contributed by atoms with Gasteiger partial charge in [-0.15, -0.1) is 0 Å². The third-order valence-electron chi connectivity index (χ3n) is 2.26. The topological polar surface area (TPSA) is 35.2 Å². The number of rotatable bonds is 5. The molecule has 0 spiro atoms. The van der Waals surface area contributed by atoms with E-state index in [9.17, 15) is 8.78 Å². The highest BCUT2D eigenvalue weighted by Crippen LogP contribution is 2.30. The summed E-state index contributed by atoms with van der Waals surface area (Å²) in [5, 5.41) is 0. The molecule has 0 fully saturated rings.